The van der Waals surface area contributed by atoms with Crippen LogP contribution in [0.15, 0.2) is 12.7 Å². The van der Waals surface area contributed by atoms with Crippen LogP contribution in [0.3, 0.4) is 0 Å². The molecule has 0 aliphatic heterocycles. The van der Waals surface area contributed by atoms with Gasteiger partial charge in [-0.3, -0.25) is 0 Å². The van der Waals surface area contributed by atoms with Gasteiger partial charge < -0.3 is 0 Å². The molecule has 0 amide bonds. The Bertz CT molecular complexity index is 54.3. The lowest BCUT2D eigenvalue weighted by molar-refractivity contribution is 1.54. The van der Waals surface area contributed by atoms with Crippen LogP contribution in [-0.2, 0) is 0 Å². The molecule has 0 fully saturated rings. The van der Waals surface area contributed by atoms with Gasteiger partial charge in [0.05, 0.1) is 6.07 Å². The molecule has 0 aromatic rings. The number of nitrogens with zero attached hydrogens (tertiary/aromatic N) is 2. The van der Waals surface area contributed by atoms with Gasteiger partial charge in [-0.25, -0.2) is 0 Å². The summed E-state index contributed by atoms with van der Waals surface area (Å²) in [6, 6.07) is 1.69. The van der Waals surface area contributed by atoms with E-state index in [0.717, 1.165) is 0 Å². The van der Waals surface area contributed by atoms with E-state index in [2.05, 4.69) is 6.58 Å². The molecule has 0 N–H and O–H groups in total. The molecule has 0 unspecified atom stereocenters. The van der Waals surface area contributed by atoms with Gasteiger partial charge in [-0.2, -0.15) is 5.26 Å². The SMILES string of the molecule is C=CC#N.[N].[S]. The molecule has 0 saturated carbocycles. The summed E-state index contributed by atoms with van der Waals surface area (Å²) in [7, 11) is 0. The third kappa shape index (κ3) is 78.3. The van der Waals surface area contributed by atoms with Crippen LogP contribution in [0, 0.1) is 11.3 Å². The predicted molar refractivity (Wildman–Crippen MR) is 25.5 cm³/mol. The fourth-order valence-electron chi connectivity index (χ4n) is 0. The average Bonchev–Trinajstić information content (AvgIpc) is 1.37. The molecule has 0 atom stereocenters. The molecule has 0 aromatic carbocycles. The van der Waals surface area contributed by atoms with Gasteiger partial charge in [0.25, 0.3) is 0 Å². The van der Waals surface area contributed by atoms with E-state index in [0.29, 0.717) is 0 Å². The second-order valence-corrected chi connectivity index (χ2v) is 0.333. The molecule has 31 valence electrons. The molecule has 2 nitrogen and oxygen atoms in total. The lowest BCUT2D eigenvalue weighted by Crippen LogP contribution is -1.23. The lowest BCUT2D eigenvalue weighted by Gasteiger charge is -1.31. The van der Waals surface area contributed by atoms with E-state index in [1.165, 1.54) is 6.08 Å². The first-order valence-electron chi connectivity index (χ1n) is 0.921. The average molecular weight is 99.1 g/mol. The van der Waals surface area contributed by atoms with Crippen LogP contribution in [0.25, 0.3) is 0 Å². The van der Waals surface area contributed by atoms with Crippen LogP contribution < -0.4 is 6.15 Å². The van der Waals surface area contributed by atoms with Crippen LogP contribution in [0.4, 0.5) is 0 Å². The molecule has 0 spiro atoms. The number of rotatable bonds is 0. The Morgan fingerprint density at radius 2 is 1.83 bits per heavy atom. The van der Waals surface area contributed by atoms with Gasteiger partial charge in [0.15, 0.2) is 0 Å². The highest BCUT2D eigenvalue weighted by molar-refractivity contribution is 7.59. The molecule has 6 heavy (non-hydrogen) atoms. The molecule has 0 saturated heterocycles. The smallest absolute Gasteiger partial charge is 0.0905 e. The first-order chi connectivity index (χ1) is 1.91. The summed E-state index contributed by atoms with van der Waals surface area (Å²) < 4.78 is 0. The van der Waals surface area contributed by atoms with Crippen molar-refractivity contribution in [3.8, 4) is 6.07 Å². The Morgan fingerprint density at radius 1 is 1.67 bits per heavy atom. The Balaban J connectivity index is -0.0000000450. The van der Waals surface area contributed by atoms with Crippen molar-refractivity contribution >= 4 is 13.5 Å². The second kappa shape index (κ2) is 24.0. The Morgan fingerprint density at radius 3 is 1.83 bits per heavy atom. The van der Waals surface area contributed by atoms with Crippen molar-refractivity contribution in [2.24, 2.45) is 0 Å². The van der Waals surface area contributed by atoms with E-state index in [9.17, 15) is 0 Å². The summed E-state index contributed by atoms with van der Waals surface area (Å²) >= 11 is 0. The fraction of sp³-hybridized carbons (Fsp3) is 0. The molecule has 0 aliphatic rings. The van der Waals surface area contributed by atoms with Gasteiger partial charge in [0.1, 0.15) is 0 Å². The molecule has 5 radical (unpaired) electrons. The van der Waals surface area contributed by atoms with Crippen LogP contribution in [0.5, 0.6) is 0 Å². The Kier molecular flexibility index (Phi) is 70.8. The number of allylic oxidation sites excluding steroid dienone is 1. The van der Waals surface area contributed by atoms with Crippen LogP contribution in [0.2, 0.25) is 0 Å². The molecular formula is C3H3N2S. The summed E-state index contributed by atoms with van der Waals surface area (Å²) in [5, 5.41) is 7.51. The van der Waals surface area contributed by atoms with Crippen LogP contribution in [-0.4, -0.2) is 0 Å². The molecule has 0 aliphatic carbocycles. The predicted octanol–water partition coefficient (Wildman–Crippen LogP) is 0.864. The molecular weight excluding hydrogens is 96.1 g/mol. The van der Waals surface area contributed by atoms with Crippen molar-refractivity contribution in [2.75, 3.05) is 0 Å². The van der Waals surface area contributed by atoms with E-state index in [4.69, 9.17) is 5.26 Å². The monoisotopic (exact) mass is 99.0 g/mol. The number of hydrogen-bond acceptors (Lipinski definition) is 1. The minimum atomic E-state index is 0. The van der Waals surface area contributed by atoms with Gasteiger partial charge in [-0.1, -0.05) is 6.58 Å². The maximum atomic E-state index is 7.51. The zero-order valence-corrected chi connectivity index (χ0v) is 3.90. The van der Waals surface area contributed by atoms with Gasteiger partial charge in [0, 0.05) is 25.7 Å². The molecule has 0 rings (SSSR count). The standard InChI is InChI=1S/C3H3N.N.S/c1-2-3-4;;/h2H,1H2;;. The van der Waals surface area contributed by atoms with Crippen molar-refractivity contribution < 1.29 is 0 Å². The maximum Gasteiger partial charge on any atom is 0.0905 e. The molecule has 3 heteroatoms. The van der Waals surface area contributed by atoms with E-state index in [1.54, 1.807) is 6.07 Å². The first-order valence-corrected chi connectivity index (χ1v) is 0.921. The zero-order chi connectivity index (χ0) is 3.41. The maximum absolute atomic E-state index is 7.51. The van der Waals surface area contributed by atoms with Crippen molar-refractivity contribution in [3.05, 3.63) is 12.7 Å². The number of nitriles is 1. The summed E-state index contributed by atoms with van der Waals surface area (Å²) in [5.41, 5.74) is 0. The highest BCUT2D eigenvalue weighted by atomic mass is 32.1. The van der Waals surface area contributed by atoms with Crippen molar-refractivity contribution in [3.63, 3.8) is 0 Å². The van der Waals surface area contributed by atoms with Crippen LogP contribution in [0.1, 0.15) is 0 Å². The normalized spacial score (nSPS) is 2.50. The third-order valence-electron chi connectivity index (χ3n) is 0.0913. The van der Waals surface area contributed by atoms with Crippen LogP contribution >= 0.6 is 13.5 Å². The quantitative estimate of drug-likeness (QED) is 0.415. The van der Waals surface area contributed by atoms with E-state index in [1.807, 2.05) is 0 Å². The van der Waals surface area contributed by atoms with E-state index >= 15 is 0 Å². The number of hydrogen-bond donors (Lipinski definition) is 0. The second-order valence-electron chi connectivity index (χ2n) is 0.333. The molecule has 0 aromatic heterocycles. The third-order valence-corrected chi connectivity index (χ3v) is 0.0913. The zero-order valence-electron chi connectivity index (χ0n) is 3.09. The summed E-state index contributed by atoms with van der Waals surface area (Å²) in [6.45, 7) is 3.12. The molecule has 0 heterocycles. The summed E-state index contributed by atoms with van der Waals surface area (Å²) in [5.74, 6) is 0. The Labute approximate surface area is 44.5 Å². The minimum Gasteiger partial charge on any atom is -0.193 e. The fourth-order valence-corrected chi connectivity index (χ4v) is 0. The first kappa shape index (κ1) is 17.7. The lowest BCUT2D eigenvalue weighted by atomic mass is 10.8. The highest BCUT2D eigenvalue weighted by Gasteiger charge is 1.34. The Hall–Kier alpha value is -0.460. The van der Waals surface area contributed by atoms with Crippen molar-refractivity contribution in [1.82, 2.24) is 6.15 Å². The van der Waals surface area contributed by atoms with Gasteiger partial charge >= 0.3 is 0 Å². The van der Waals surface area contributed by atoms with E-state index < -0.39 is 0 Å². The topological polar surface area (TPSA) is 54.3 Å². The van der Waals surface area contributed by atoms with Crippen molar-refractivity contribution in [2.45, 2.75) is 0 Å². The summed E-state index contributed by atoms with van der Waals surface area (Å²) in [4.78, 5) is 0. The minimum absolute atomic E-state index is 0. The van der Waals surface area contributed by atoms with Gasteiger partial charge in [-0.15, -0.1) is 0 Å². The van der Waals surface area contributed by atoms with Gasteiger partial charge in [0.2, 0.25) is 0 Å². The highest BCUT2D eigenvalue weighted by Crippen LogP contribution is 1.41. The van der Waals surface area contributed by atoms with Gasteiger partial charge in [-0.05, 0) is 0 Å². The largest absolute Gasteiger partial charge is 0.193 e. The van der Waals surface area contributed by atoms with Crippen molar-refractivity contribution in [1.29, 1.82) is 5.26 Å². The summed E-state index contributed by atoms with van der Waals surface area (Å²) in [6.07, 6.45) is 1.18. The molecule has 0 bridgehead atoms. The van der Waals surface area contributed by atoms with E-state index in [-0.39, 0.29) is 19.6 Å².